The van der Waals surface area contributed by atoms with Gasteiger partial charge in [0.1, 0.15) is 6.54 Å². The molecule has 3 rings (SSSR count). The molecule has 1 aliphatic rings. The van der Waals surface area contributed by atoms with Crippen molar-refractivity contribution in [3.8, 4) is 11.3 Å². The van der Waals surface area contributed by atoms with E-state index in [9.17, 15) is 14.4 Å². The number of rotatable bonds is 6. The highest BCUT2D eigenvalue weighted by Gasteiger charge is 2.26. The van der Waals surface area contributed by atoms with Gasteiger partial charge < -0.3 is 10.4 Å². The summed E-state index contributed by atoms with van der Waals surface area (Å²) >= 11 is 0. The third kappa shape index (κ3) is 5.03. The van der Waals surface area contributed by atoms with Gasteiger partial charge in [0.05, 0.1) is 11.6 Å². The van der Waals surface area contributed by atoms with Gasteiger partial charge >= 0.3 is 5.97 Å². The summed E-state index contributed by atoms with van der Waals surface area (Å²) < 4.78 is 1.17. The number of carboxylic acid groups (broad SMARTS) is 1. The van der Waals surface area contributed by atoms with Crippen LogP contribution >= 0.6 is 0 Å². The van der Waals surface area contributed by atoms with Crippen molar-refractivity contribution >= 4 is 11.9 Å². The number of amides is 1. The third-order valence-corrected chi connectivity index (χ3v) is 5.01. The molecule has 27 heavy (non-hydrogen) atoms. The lowest BCUT2D eigenvalue weighted by atomic mass is 9.82. The maximum Gasteiger partial charge on any atom is 0.306 e. The lowest BCUT2D eigenvalue weighted by Crippen LogP contribution is -2.37. The van der Waals surface area contributed by atoms with Gasteiger partial charge in [-0.2, -0.15) is 5.10 Å². The fourth-order valence-corrected chi connectivity index (χ4v) is 3.39. The lowest BCUT2D eigenvalue weighted by Gasteiger charge is -2.26. The molecule has 0 spiro atoms. The molecule has 1 aliphatic carbocycles. The molecule has 2 N–H and O–H groups in total. The minimum absolute atomic E-state index is 0.135. The first-order valence-electron chi connectivity index (χ1n) is 9.16. The van der Waals surface area contributed by atoms with Gasteiger partial charge in [-0.05, 0) is 37.7 Å². The number of benzene rings is 1. The van der Waals surface area contributed by atoms with Crippen LogP contribution in [0.5, 0.6) is 0 Å². The smallest absolute Gasteiger partial charge is 0.306 e. The average molecular weight is 369 g/mol. The Morgan fingerprint density at radius 2 is 1.78 bits per heavy atom. The van der Waals surface area contributed by atoms with E-state index in [1.807, 2.05) is 30.3 Å². The largest absolute Gasteiger partial charge is 0.481 e. The molecule has 0 bridgehead atoms. The molecule has 0 unspecified atom stereocenters. The van der Waals surface area contributed by atoms with Crippen molar-refractivity contribution < 1.29 is 14.7 Å². The highest BCUT2D eigenvalue weighted by molar-refractivity contribution is 5.75. The van der Waals surface area contributed by atoms with E-state index in [4.69, 9.17) is 5.11 Å². The molecular formula is C20H23N3O4. The summed E-state index contributed by atoms with van der Waals surface area (Å²) in [5, 5.41) is 16.2. The number of hydrogen-bond acceptors (Lipinski definition) is 4. The van der Waals surface area contributed by atoms with E-state index < -0.39 is 5.97 Å². The predicted molar refractivity (Wildman–Crippen MR) is 100 cm³/mol. The van der Waals surface area contributed by atoms with E-state index in [2.05, 4.69) is 10.4 Å². The number of nitrogens with one attached hydrogen (secondary N) is 1. The number of aliphatic carboxylic acids is 1. The van der Waals surface area contributed by atoms with E-state index in [1.54, 1.807) is 6.07 Å². The van der Waals surface area contributed by atoms with Crippen LogP contribution in [0.25, 0.3) is 11.3 Å². The number of carbonyl (C=O) groups is 2. The van der Waals surface area contributed by atoms with Gasteiger partial charge in [0.25, 0.3) is 5.56 Å². The van der Waals surface area contributed by atoms with Crippen LogP contribution in [0, 0.1) is 11.8 Å². The van der Waals surface area contributed by atoms with Crippen LogP contribution in [-0.4, -0.2) is 33.3 Å². The second kappa shape index (κ2) is 8.62. The molecule has 0 saturated heterocycles. The minimum atomic E-state index is -0.735. The number of aromatic nitrogens is 2. The summed E-state index contributed by atoms with van der Waals surface area (Å²) in [6.07, 6.45) is 2.88. The summed E-state index contributed by atoms with van der Waals surface area (Å²) in [4.78, 5) is 35.2. The van der Waals surface area contributed by atoms with Crippen LogP contribution in [0.1, 0.15) is 25.7 Å². The van der Waals surface area contributed by atoms with Crippen molar-refractivity contribution in [1.82, 2.24) is 15.1 Å². The second-order valence-electron chi connectivity index (χ2n) is 6.94. The Bertz CT molecular complexity index is 855. The maximum absolute atomic E-state index is 12.2. The first-order chi connectivity index (χ1) is 13.0. The van der Waals surface area contributed by atoms with Crippen LogP contribution in [0.15, 0.2) is 47.3 Å². The van der Waals surface area contributed by atoms with Crippen molar-refractivity contribution in [1.29, 1.82) is 0 Å². The van der Waals surface area contributed by atoms with Gasteiger partial charge in [-0.1, -0.05) is 30.3 Å². The highest BCUT2D eigenvalue weighted by Crippen LogP contribution is 2.28. The SMILES string of the molecule is O=C(Cn1nc(-c2ccccc2)ccc1=O)NCC1CCC(C(=O)O)CC1. The first-order valence-corrected chi connectivity index (χ1v) is 9.16. The van der Waals surface area contributed by atoms with Crippen LogP contribution in [0.3, 0.4) is 0 Å². The molecule has 7 nitrogen and oxygen atoms in total. The van der Waals surface area contributed by atoms with E-state index >= 15 is 0 Å². The molecule has 1 heterocycles. The molecule has 1 aromatic heterocycles. The Balaban J connectivity index is 1.55. The van der Waals surface area contributed by atoms with Crippen molar-refractivity contribution in [2.75, 3.05) is 6.54 Å². The molecule has 1 amide bonds. The molecule has 1 aromatic carbocycles. The van der Waals surface area contributed by atoms with Crippen LogP contribution in [0.2, 0.25) is 0 Å². The van der Waals surface area contributed by atoms with Gasteiger partial charge in [0.15, 0.2) is 0 Å². The van der Waals surface area contributed by atoms with Gasteiger partial charge in [0.2, 0.25) is 5.91 Å². The topological polar surface area (TPSA) is 101 Å². The fraction of sp³-hybridized carbons (Fsp3) is 0.400. The van der Waals surface area contributed by atoms with Crippen LogP contribution in [-0.2, 0) is 16.1 Å². The van der Waals surface area contributed by atoms with Crippen molar-refractivity contribution in [3.05, 3.63) is 52.8 Å². The monoisotopic (exact) mass is 369 g/mol. The minimum Gasteiger partial charge on any atom is -0.481 e. The quantitative estimate of drug-likeness (QED) is 0.810. The Kier molecular flexibility index (Phi) is 6.01. The van der Waals surface area contributed by atoms with Crippen molar-refractivity contribution in [3.63, 3.8) is 0 Å². The summed E-state index contributed by atoms with van der Waals surface area (Å²) in [6.45, 7) is 0.363. The Labute approximate surface area is 157 Å². The van der Waals surface area contributed by atoms with Gasteiger partial charge in [0, 0.05) is 18.2 Å². The van der Waals surface area contributed by atoms with Gasteiger partial charge in [-0.25, -0.2) is 4.68 Å². The van der Waals surface area contributed by atoms with Gasteiger partial charge in [-0.15, -0.1) is 0 Å². The number of carbonyl (C=O) groups excluding carboxylic acids is 1. The van der Waals surface area contributed by atoms with Gasteiger partial charge in [-0.3, -0.25) is 14.4 Å². The molecule has 0 aliphatic heterocycles. The van der Waals surface area contributed by atoms with Crippen molar-refractivity contribution in [2.45, 2.75) is 32.2 Å². The second-order valence-corrected chi connectivity index (χ2v) is 6.94. The maximum atomic E-state index is 12.2. The van der Waals surface area contributed by atoms with Crippen LogP contribution < -0.4 is 10.9 Å². The molecule has 1 fully saturated rings. The first kappa shape index (κ1) is 18.8. The van der Waals surface area contributed by atoms with E-state index in [1.165, 1.54) is 10.7 Å². The molecule has 142 valence electrons. The molecule has 0 atom stereocenters. The summed E-state index contributed by atoms with van der Waals surface area (Å²) in [7, 11) is 0. The number of hydrogen-bond donors (Lipinski definition) is 2. The predicted octanol–water partition coefficient (Wildman–Crippen LogP) is 1.92. The number of carboxylic acids is 1. The standard InChI is InChI=1S/C20H23N3O4/c24-18(21-12-14-6-8-16(9-7-14)20(26)27)13-23-19(25)11-10-17(22-23)15-4-2-1-3-5-15/h1-5,10-11,14,16H,6-9,12-13H2,(H,21,24)(H,26,27). The summed E-state index contributed by atoms with van der Waals surface area (Å²) in [5.41, 5.74) is 1.18. The zero-order valence-electron chi connectivity index (χ0n) is 15.0. The Morgan fingerprint density at radius 3 is 2.44 bits per heavy atom. The number of nitrogens with zero attached hydrogens (tertiary/aromatic N) is 2. The Morgan fingerprint density at radius 1 is 1.07 bits per heavy atom. The molecule has 2 aromatic rings. The lowest BCUT2D eigenvalue weighted by molar-refractivity contribution is -0.143. The Hall–Kier alpha value is -2.96. The third-order valence-electron chi connectivity index (χ3n) is 5.01. The fourth-order valence-electron chi connectivity index (χ4n) is 3.39. The van der Waals surface area contributed by atoms with E-state index in [-0.39, 0.29) is 29.8 Å². The zero-order chi connectivity index (χ0) is 19.2. The van der Waals surface area contributed by atoms with E-state index in [0.29, 0.717) is 25.1 Å². The molecular weight excluding hydrogens is 346 g/mol. The summed E-state index contributed by atoms with van der Waals surface area (Å²) in [5.74, 6) is -0.984. The average Bonchev–Trinajstić information content (AvgIpc) is 2.69. The molecule has 7 heteroatoms. The van der Waals surface area contributed by atoms with Crippen LogP contribution in [0.4, 0.5) is 0 Å². The zero-order valence-corrected chi connectivity index (χ0v) is 15.0. The summed E-state index contributed by atoms with van der Waals surface area (Å²) in [6, 6.07) is 12.5. The van der Waals surface area contributed by atoms with Crippen molar-refractivity contribution in [2.24, 2.45) is 11.8 Å². The molecule has 1 saturated carbocycles. The molecule has 0 radical (unpaired) electrons. The highest BCUT2D eigenvalue weighted by atomic mass is 16.4. The normalized spacial score (nSPS) is 19.4. The van der Waals surface area contributed by atoms with E-state index in [0.717, 1.165) is 18.4 Å².